The minimum absolute atomic E-state index is 0.0185. The number of hydrogen-bond acceptors (Lipinski definition) is 4. The Labute approximate surface area is 111 Å². The Bertz CT molecular complexity index is 585. The molecule has 0 unspecified atom stereocenters. The summed E-state index contributed by atoms with van der Waals surface area (Å²) in [6.45, 7) is 2.60. The molecule has 2 heterocycles. The lowest BCUT2D eigenvalue weighted by atomic mass is 10.3. The minimum atomic E-state index is -0.0185. The molecule has 0 atom stereocenters. The molecule has 2 rings (SSSR count). The van der Waals surface area contributed by atoms with Crippen molar-refractivity contribution in [3.05, 3.63) is 29.7 Å². The van der Waals surface area contributed by atoms with Crippen LogP contribution in [0, 0.1) is 6.92 Å². The van der Waals surface area contributed by atoms with Crippen LogP contribution in [-0.4, -0.2) is 37.4 Å². The van der Waals surface area contributed by atoms with Crippen LogP contribution in [0.15, 0.2) is 18.5 Å². The van der Waals surface area contributed by atoms with Gasteiger partial charge in [-0.2, -0.15) is 10.2 Å². The van der Waals surface area contributed by atoms with Crippen molar-refractivity contribution >= 4 is 11.7 Å². The van der Waals surface area contributed by atoms with E-state index < -0.39 is 0 Å². The SMILES string of the molecule is Cc1cc(N)nn1CC(=O)N(C)Cc1cnn(C)c1. The Hall–Kier alpha value is -2.31. The van der Waals surface area contributed by atoms with Crippen LogP contribution in [0.4, 0.5) is 5.82 Å². The van der Waals surface area contributed by atoms with Gasteiger partial charge in [0.15, 0.2) is 0 Å². The molecule has 0 spiro atoms. The van der Waals surface area contributed by atoms with Crippen molar-refractivity contribution in [2.45, 2.75) is 20.0 Å². The van der Waals surface area contributed by atoms with Crippen molar-refractivity contribution in [3.8, 4) is 0 Å². The summed E-state index contributed by atoms with van der Waals surface area (Å²) in [5.74, 6) is 0.412. The van der Waals surface area contributed by atoms with E-state index in [1.807, 2.05) is 20.2 Å². The number of aromatic nitrogens is 4. The maximum Gasteiger partial charge on any atom is 0.244 e. The fourth-order valence-corrected chi connectivity index (χ4v) is 1.86. The number of carbonyl (C=O) groups is 1. The van der Waals surface area contributed by atoms with E-state index in [0.29, 0.717) is 12.4 Å². The van der Waals surface area contributed by atoms with E-state index in [2.05, 4.69) is 10.2 Å². The van der Waals surface area contributed by atoms with Gasteiger partial charge in [0.25, 0.3) is 0 Å². The first kappa shape index (κ1) is 13.1. The van der Waals surface area contributed by atoms with Gasteiger partial charge in [0.05, 0.1) is 6.20 Å². The summed E-state index contributed by atoms with van der Waals surface area (Å²) in [7, 11) is 3.61. The number of amides is 1. The van der Waals surface area contributed by atoms with Gasteiger partial charge in [0.1, 0.15) is 12.4 Å². The molecule has 0 radical (unpaired) electrons. The van der Waals surface area contributed by atoms with E-state index in [-0.39, 0.29) is 12.5 Å². The number of anilines is 1. The first-order valence-electron chi connectivity index (χ1n) is 5.97. The fourth-order valence-electron chi connectivity index (χ4n) is 1.86. The molecule has 7 heteroatoms. The van der Waals surface area contributed by atoms with Crippen molar-refractivity contribution in [1.82, 2.24) is 24.5 Å². The van der Waals surface area contributed by atoms with Gasteiger partial charge in [-0.15, -0.1) is 0 Å². The van der Waals surface area contributed by atoms with Crippen molar-refractivity contribution in [2.24, 2.45) is 7.05 Å². The van der Waals surface area contributed by atoms with Gasteiger partial charge in [0, 0.05) is 44.2 Å². The van der Waals surface area contributed by atoms with Crippen LogP contribution in [0.25, 0.3) is 0 Å². The van der Waals surface area contributed by atoms with Crippen molar-refractivity contribution in [1.29, 1.82) is 0 Å². The third kappa shape index (κ3) is 3.12. The van der Waals surface area contributed by atoms with E-state index in [1.165, 1.54) is 0 Å². The molecule has 19 heavy (non-hydrogen) atoms. The number of carbonyl (C=O) groups excluding carboxylic acids is 1. The number of aryl methyl sites for hydroxylation is 2. The van der Waals surface area contributed by atoms with Gasteiger partial charge < -0.3 is 10.6 Å². The quantitative estimate of drug-likeness (QED) is 0.851. The van der Waals surface area contributed by atoms with Crippen molar-refractivity contribution in [2.75, 3.05) is 12.8 Å². The predicted octanol–water partition coefficient (Wildman–Crippen LogP) is 0.166. The Morgan fingerprint density at radius 1 is 1.53 bits per heavy atom. The molecule has 1 amide bonds. The highest BCUT2D eigenvalue weighted by Gasteiger charge is 2.13. The second kappa shape index (κ2) is 5.13. The molecule has 0 bridgehead atoms. The largest absolute Gasteiger partial charge is 0.382 e. The monoisotopic (exact) mass is 262 g/mol. The molecule has 2 aromatic rings. The molecule has 0 saturated heterocycles. The molecule has 2 N–H and O–H groups in total. The molecule has 7 nitrogen and oxygen atoms in total. The molecule has 0 aliphatic rings. The van der Waals surface area contributed by atoms with Crippen molar-refractivity contribution < 1.29 is 4.79 Å². The highest BCUT2D eigenvalue weighted by atomic mass is 16.2. The Morgan fingerprint density at radius 3 is 2.79 bits per heavy atom. The molecule has 0 fully saturated rings. The molecule has 0 aliphatic heterocycles. The number of nitrogen functional groups attached to an aromatic ring is 1. The lowest BCUT2D eigenvalue weighted by Crippen LogP contribution is -2.30. The molecular formula is C12H18N6O. The summed E-state index contributed by atoms with van der Waals surface area (Å²) in [5, 5.41) is 8.15. The maximum absolute atomic E-state index is 12.1. The van der Waals surface area contributed by atoms with Crippen molar-refractivity contribution in [3.63, 3.8) is 0 Å². The lowest BCUT2D eigenvalue weighted by Gasteiger charge is -2.16. The van der Waals surface area contributed by atoms with E-state index in [0.717, 1.165) is 11.3 Å². The third-order valence-electron chi connectivity index (χ3n) is 2.89. The minimum Gasteiger partial charge on any atom is -0.382 e. The first-order chi connectivity index (χ1) is 8.95. The predicted molar refractivity (Wildman–Crippen MR) is 71.1 cm³/mol. The molecule has 0 aromatic carbocycles. The van der Waals surface area contributed by atoms with Crippen LogP contribution in [-0.2, 0) is 24.9 Å². The van der Waals surface area contributed by atoms with Gasteiger partial charge >= 0.3 is 0 Å². The molecule has 2 aromatic heterocycles. The number of rotatable bonds is 4. The average molecular weight is 262 g/mol. The van der Waals surface area contributed by atoms with Crippen LogP contribution in [0.3, 0.4) is 0 Å². The van der Waals surface area contributed by atoms with E-state index >= 15 is 0 Å². The Balaban J connectivity index is 1.97. The van der Waals surface area contributed by atoms with Crippen LogP contribution < -0.4 is 5.73 Å². The summed E-state index contributed by atoms with van der Waals surface area (Å²) >= 11 is 0. The van der Waals surface area contributed by atoms with Crippen LogP contribution in [0.1, 0.15) is 11.3 Å². The normalized spacial score (nSPS) is 10.7. The summed E-state index contributed by atoms with van der Waals surface area (Å²) in [5.41, 5.74) is 7.46. The van der Waals surface area contributed by atoms with Gasteiger partial charge in [-0.3, -0.25) is 14.2 Å². The molecular weight excluding hydrogens is 244 g/mol. The van der Waals surface area contributed by atoms with Gasteiger partial charge in [0.2, 0.25) is 5.91 Å². The first-order valence-corrected chi connectivity index (χ1v) is 5.97. The zero-order valence-corrected chi connectivity index (χ0v) is 11.4. The van der Waals surface area contributed by atoms with Gasteiger partial charge in [-0.25, -0.2) is 0 Å². The van der Waals surface area contributed by atoms with E-state index in [4.69, 9.17) is 5.73 Å². The highest BCUT2D eigenvalue weighted by Crippen LogP contribution is 2.06. The number of hydrogen-bond donors (Lipinski definition) is 1. The van der Waals surface area contributed by atoms with Gasteiger partial charge in [-0.1, -0.05) is 0 Å². The Morgan fingerprint density at radius 2 is 2.26 bits per heavy atom. The number of likely N-dealkylation sites (N-methyl/N-ethyl adjacent to an activating group) is 1. The second-order valence-electron chi connectivity index (χ2n) is 4.64. The van der Waals surface area contributed by atoms with Crippen LogP contribution >= 0.6 is 0 Å². The molecule has 0 saturated carbocycles. The summed E-state index contributed by atoms with van der Waals surface area (Å²) in [6.07, 6.45) is 3.64. The van der Waals surface area contributed by atoms with Crippen LogP contribution in [0.5, 0.6) is 0 Å². The average Bonchev–Trinajstić information content (AvgIpc) is 2.85. The lowest BCUT2D eigenvalue weighted by molar-refractivity contribution is -0.131. The van der Waals surface area contributed by atoms with Crippen LogP contribution in [0.2, 0.25) is 0 Å². The number of nitrogens with two attached hydrogens (primary N) is 1. The van der Waals surface area contributed by atoms with E-state index in [9.17, 15) is 4.79 Å². The zero-order chi connectivity index (χ0) is 14.0. The highest BCUT2D eigenvalue weighted by molar-refractivity contribution is 5.75. The summed E-state index contributed by atoms with van der Waals surface area (Å²) < 4.78 is 3.32. The van der Waals surface area contributed by atoms with E-state index in [1.54, 1.807) is 33.6 Å². The summed E-state index contributed by atoms with van der Waals surface area (Å²) in [4.78, 5) is 13.7. The zero-order valence-electron chi connectivity index (χ0n) is 11.4. The smallest absolute Gasteiger partial charge is 0.244 e. The fraction of sp³-hybridized carbons (Fsp3) is 0.417. The summed E-state index contributed by atoms with van der Waals surface area (Å²) in [6, 6.07) is 1.74. The maximum atomic E-state index is 12.1. The molecule has 0 aliphatic carbocycles. The van der Waals surface area contributed by atoms with Gasteiger partial charge in [-0.05, 0) is 6.92 Å². The molecule has 102 valence electrons. The Kier molecular flexibility index (Phi) is 3.55. The standard InChI is InChI=1S/C12H18N6O/c1-9-4-11(13)15-18(9)8-12(19)16(2)6-10-5-14-17(3)7-10/h4-5,7H,6,8H2,1-3H3,(H2,13,15). The number of nitrogens with zero attached hydrogens (tertiary/aromatic N) is 5. The second-order valence-corrected chi connectivity index (χ2v) is 4.64. The third-order valence-corrected chi connectivity index (χ3v) is 2.89. The topological polar surface area (TPSA) is 82.0 Å².